The number of pyridine rings is 1. The molecule has 4 N–H and O–H groups in total. The summed E-state index contributed by atoms with van der Waals surface area (Å²) in [6.07, 6.45) is 5.08. The number of aliphatic imine (C=N–C) groups is 1. The van der Waals surface area contributed by atoms with Gasteiger partial charge in [0.05, 0.1) is 5.02 Å². The fraction of sp³-hybridized carbons (Fsp3) is 0.273. The maximum Gasteiger partial charge on any atom is 0.274 e. The molecular formula is C22H19ClFN5O2S. The number of carbonyl (C=O) groups is 2. The first-order valence-electron chi connectivity index (χ1n) is 10.0. The summed E-state index contributed by atoms with van der Waals surface area (Å²) < 4.78 is 14.0. The Bertz CT molecular complexity index is 1210. The molecule has 32 heavy (non-hydrogen) atoms. The molecule has 1 aliphatic heterocycles. The van der Waals surface area contributed by atoms with Crippen molar-refractivity contribution in [3.8, 4) is 0 Å². The maximum absolute atomic E-state index is 15.0. The minimum Gasteiger partial charge on any atom is -0.378 e. The predicted octanol–water partition coefficient (Wildman–Crippen LogP) is 3.36. The van der Waals surface area contributed by atoms with Crippen molar-refractivity contribution in [3.05, 3.63) is 70.3 Å². The zero-order valence-electron chi connectivity index (χ0n) is 17.0. The van der Waals surface area contributed by atoms with Gasteiger partial charge in [-0.3, -0.25) is 9.59 Å². The van der Waals surface area contributed by atoms with Crippen molar-refractivity contribution in [2.24, 2.45) is 10.7 Å². The van der Waals surface area contributed by atoms with Crippen LogP contribution in [0.3, 0.4) is 0 Å². The lowest BCUT2D eigenvalue weighted by Crippen LogP contribution is -2.44. The van der Waals surface area contributed by atoms with Crippen LogP contribution in [0, 0.1) is 5.82 Å². The highest BCUT2D eigenvalue weighted by atomic mass is 35.5. The van der Waals surface area contributed by atoms with Gasteiger partial charge in [-0.05, 0) is 55.7 Å². The van der Waals surface area contributed by atoms with Gasteiger partial charge < -0.3 is 16.4 Å². The number of aromatic nitrogens is 1. The molecule has 2 aliphatic carbocycles. The number of amidine groups is 1. The van der Waals surface area contributed by atoms with E-state index in [1.807, 2.05) is 0 Å². The maximum atomic E-state index is 15.0. The molecule has 1 fully saturated rings. The summed E-state index contributed by atoms with van der Waals surface area (Å²) in [6.45, 7) is 1.72. The molecule has 164 valence electrons. The number of rotatable bonds is 5. The van der Waals surface area contributed by atoms with Gasteiger partial charge >= 0.3 is 0 Å². The molecule has 1 aromatic heterocycles. The molecule has 2 amide bonds. The molecule has 1 saturated carbocycles. The Morgan fingerprint density at radius 1 is 1.28 bits per heavy atom. The van der Waals surface area contributed by atoms with Gasteiger partial charge in [-0.2, -0.15) is 0 Å². The number of hydrogen-bond acceptors (Lipinski definition) is 6. The van der Waals surface area contributed by atoms with E-state index in [0.717, 1.165) is 12.8 Å². The summed E-state index contributed by atoms with van der Waals surface area (Å²) in [5, 5.41) is 6.33. The first kappa shape index (κ1) is 21.0. The first-order valence-corrected chi connectivity index (χ1v) is 11.2. The molecule has 1 aromatic carbocycles. The molecule has 10 heteroatoms. The van der Waals surface area contributed by atoms with Crippen LogP contribution in [-0.2, 0) is 10.3 Å². The summed E-state index contributed by atoms with van der Waals surface area (Å²) >= 11 is 6.98. The van der Waals surface area contributed by atoms with Crippen LogP contribution in [0.15, 0.2) is 53.2 Å². The molecule has 2 aromatic rings. The van der Waals surface area contributed by atoms with Crippen LogP contribution >= 0.6 is 23.4 Å². The van der Waals surface area contributed by atoms with Gasteiger partial charge in [-0.15, -0.1) is 0 Å². The first-order chi connectivity index (χ1) is 15.2. The van der Waals surface area contributed by atoms with Crippen molar-refractivity contribution in [2.45, 2.75) is 36.1 Å². The lowest BCUT2D eigenvalue weighted by Gasteiger charge is -2.33. The molecule has 3 aliphatic rings. The van der Waals surface area contributed by atoms with Crippen LogP contribution in [0.25, 0.3) is 0 Å². The van der Waals surface area contributed by atoms with E-state index < -0.39 is 22.0 Å². The van der Waals surface area contributed by atoms with Crippen molar-refractivity contribution >= 4 is 46.0 Å². The van der Waals surface area contributed by atoms with Crippen LogP contribution in [-0.4, -0.2) is 32.8 Å². The Hall–Kier alpha value is -2.91. The van der Waals surface area contributed by atoms with Gasteiger partial charge in [0.25, 0.3) is 5.91 Å². The smallest absolute Gasteiger partial charge is 0.274 e. The number of fused-ring (bicyclic) bond motifs is 1. The number of carbonyl (C=O) groups excluding carboxylic acids is 2. The topological polar surface area (TPSA) is 109 Å². The molecule has 0 unspecified atom stereocenters. The molecule has 0 radical (unpaired) electrons. The highest BCUT2D eigenvalue weighted by Crippen LogP contribution is 2.60. The second-order valence-corrected chi connectivity index (χ2v) is 9.88. The summed E-state index contributed by atoms with van der Waals surface area (Å²) in [5.41, 5.74) is 6.35. The number of anilines is 1. The number of benzene rings is 1. The molecular weight excluding hydrogens is 453 g/mol. The third-order valence-corrected chi connectivity index (χ3v) is 7.12. The summed E-state index contributed by atoms with van der Waals surface area (Å²) in [4.78, 5) is 33.9. The Morgan fingerprint density at radius 3 is 2.75 bits per heavy atom. The average molecular weight is 472 g/mol. The third kappa shape index (κ3) is 3.55. The van der Waals surface area contributed by atoms with E-state index >= 15 is 0 Å². The molecule has 0 saturated heterocycles. The summed E-state index contributed by atoms with van der Waals surface area (Å²) in [6, 6.07) is 7.47. The number of thioether (sulfide) groups is 1. The quantitative estimate of drug-likeness (QED) is 0.579. The third-order valence-electron chi connectivity index (χ3n) is 5.75. The molecule has 2 atom stereocenters. The largest absolute Gasteiger partial charge is 0.378 e. The van der Waals surface area contributed by atoms with Crippen molar-refractivity contribution < 1.29 is 14.0 Å². The Kier molecular flexibility index (Phi) is 4.79. The van der Waals surface area contributed by atoms with Gasteiger partial charge in [0.1, 0.15) is 21.8 Å². The number of amides is 2. The lowest BCUT2D eigenvalue weighted by molar-refractivity contribution is -0.121. The predicted molar refractivity (Wildman–Crippen MR) is 122 cm³/mol. The van der Waals surface area contributed by atoms with Crippen LogP contribution in [0.5, 0.6) is 0 Å². The van der Waals surface area contributed by atoms with Gasteiger partial charge in [-0.25, -0.2) is 14.4 Å². The molecule has 7 nitrogen and oxygen atoms in total. The highest BCUT2D eigenvalue weighted by Gasteiger charge is 2.63. The zero-order chi connectivity index (χ0) is 22.7. The number of nitrogens with two attached hydrogens (primary N) is 1. The van der Waals surface area contributed by atoms with Gasteiger partial charge in [0.2, 0.25) is 5.91 Å². The SMILES string of the molecule is C[C@]1(c2cc(NC(=O)c3ccc(Cl)cn3)ccc2F)N=C(N)S[C@@]2(C(=O)NC3CC3)C=C21. The van der Waals surface area contributed by atoms with Crippen LogP contribution < -0.4 is 16.4 Å². The van der Waals surface area contributed by atoms with Gasteiger partial charge in [-0.1, -0.05) is 29.4 Å². The molecule has 2 heterocycles. The number of hydrogen-bond donors (Lipinski definition) is 3. The second kappa shape index (κ2) is 7.31. The van der Waals surface area contributed by atoms with E-state index in [2.05, 4.69) is 20.6 Å². The van der Waals surface area contributed by atoms with Crippen molar-refractivity contribution in [3.63, 3.8) is 0 Å². The Balaban J connectivity index is 1.44. The van der Waals surface area contributed by atoms with E-state index in [0.29, 0.717) is 16.3 Å². The van der Waals surface area contributed by atoms with E-state index in [9.17, 15) is 14.0 Å². The second-order valence-electron chi connectivity index (χ2n) is 8.18. The van der Waals surface area contributed by atoms with E-state index in [-0.39, 0.29) is 28.4 Å². The Morgan fingerprint density at radius 2 is 2.06 bits per heavy atom. The van der Waals surface area contributed by atoms with Crippen molar-refractivity contribution in [2.75, 3.05) is 5.32 Å². The highest BCUT2D eigenvalue weighted by molar-refractivity contribution is 8.16. The van der Waals surface area contributed by atoms with E-state index in [1.165, 1.54) is 42.2 Å². The van der Waals surface area contributed by atoms with Crippen molar-refractivity contribution in [1.29, 1.82) is 0 Å². The zero-order valence-corrected chi connectivity index (χ0v) is 18.6. The van der Waals surface area contributed by atoms with Crippen LogP contribution in [0.4, 0.5) is 10.1 Å². The number of halogens is 2. The van der Waals surface area contributed by atoms with Crippen LogP contribution in [0.2, 0.25) is 5.02 Å². The van der Waals surface area contributed by atoms with Crippen molar-refractivity contribution in [1.82, 2.24) is 10.3 Å². The fourth-order valence-corrected chi connectivity index (χ4v) is 5.17. The average Bonchev–Trinajstić information content (AvgIpc) is 3.66. The Labute approximate surface area is 192 Å². The minimum absolute atomic E-state index is 0.150. The molecule has 0 bridgehead atoms. The van der Waals surface area contributed by atoms with Gasteiger partial charge in [0.15, 0.2) is 5.17 Å². The van der Waals surface area contributed by atoms with Crippen LogP contribution in [0.1, 0.15) is 35.8 Å². The number of nitrogens with one attached hydrogen (secondary N) is 2. The molecule has 5 rings (SSSR count). The monoisotopic (exact) mass is 471 g/mol. The van der Waals surface area contributed by atoms with Gasteiger partial charge in [0, 0.05) is 23.5 Å². The summed E-state index contributed by atoms with van der Waals surface area (Å²) in [7, 11) is 0. The minimum atomic E-state index is -1.17. The lowest BCUT2D eigenvalue weighted by atomic mass is 9.86. The normalized spacial score (nSPS) is 25.8. The molecule has 0 spiro atoms. The summed E-state index contributed by atoms with van der Waals surface area (Å²) in [5.74, 6) is -1.12. The van der Waals surface area contributed by atoms with E-state index in [4.69, 9.17) is 17.3 Å². The van der Waals surface area contributed by atoms with E-state index in [1.54, 1.807) is 19.1 Å². The standard InChI is InChI=1S/C22H19ClFN5O2S/c1-21(17-9-22(17,32-20(25)29-21)19(31)28-12-3-4-12)14-8-13(5-6-15(14)24)27-18(30)16-7-2-11(23)10-26-16/h2,5-10,12H,3-4H2,1H3,(H2,25,29)(H,27,30)(H,28,31)/t21-,22+/m1/s1. The number of nitrogens with zero attached hydrogens (tertiary/aromatic N) is 2. The fourth-order valence-electron chi connectivity index (χ4n) is 3.86.